The topological polar surface area (TPSA) is 146 Å². The minimum absolute atomic E-state index is 0.0102. The predicted molar refractivity (Wildman–Crippen MR) is 279 cm³/mol. The van der Waals surface area contributed by atoms with Crippen molar-refractivity contribution in [1.82, 2.24) is 9.99 Å². The molecule has 5 aromatic carbocycles. The minimum atomic E-state index is -1.58. The normalized spacial score (nSPS) is 18.4. The largest absolute Gasteiger partial charge is 0.497 e. The maximum atomic E-state index is 14.2. The van der Waals surface area contributed by atoms with E-state index in [2.05, 4.69) is 42.5 Å². The third kappa shape index (κ3) is 15.4. The second-order valence-corrected chi connectivity index (χ2v) is 19.5. The molecule has 16 heteroatoms. The summed E-state index contributed by atoms with van der Waals surface area (Å²) in [5, 5.41) is 3.56. The molecule has 73 heavy (non-hydrogen) atoms. The van der Waals surface area contributed by atoms with Gasteiger partial charge in [0.1, 0.15) is 42.5 Å². The third-order valence-corrected chi connectivity index (χ3v) is 14.0. The van der Waals surface area contributed by atoms with E-state index in [0.717, 1.165) is 16.7 Å². The van der Waals surface area contributed by atoms with Crippen LogP contribution < -0.4 is 14.8 Å². The zero-order valence-electron chi connectivity index (χ0n) is 43.1. The number of carbonyl (C=O) groups excluding carboxylic acids is 2. The van der Waals surface area contributed by atoms with Gasteiger partial charge in [-0.2, -0.15) is 0 Å². The van der Waals surface area contributed by atoms with Crippen molar-refractivity contribution in [2.45, 2.75) is 95.9 Å². The molecular weight excluding hydrogens is 950 g/mol. The molecule has 0 spiro atoms. The number of esters is 2. The summed E-state index contributed by atoms with van der Waals surface area (Å²) in [6.07, 6.45) is -4.17. The summed E-state index contributed by atoms with van der Waals surface area (Å²) in [5.41, 5.74) is 2.12. The zero-order chi connectivity index (χ0) is 52.2. The summed E-state index contributed by atoms with van der Waals surface area (Å²) in [6, 6.07) is 42.0. The summed E-state index contributed by atoms with van der Waals surface area (Å²) in [6.45, 7) is 19.8. The van der Waals surface area contributed by atoms with Crippen LogP contribution in [0.4, 0.5) is 0 Å². The molecule has 1 fully saturated rings. The van der Waals surface area contributed by atoms with E-state index in [-0.39, 0.29) is 64.3 Å². The number of nitrogens with one attached hydrogen (secondary N) is 1. The zero-order valence-corrected chi connectivity index (χ0v) is 44.0. The van der Waals surface area contributed by atoms with Crippen LogP contribution in [0.5, 0.6) is 11.5 Å². The number of rotatable bonds is 28. The Morgan fingerprint density at radius 2 is 1.15 bits per heavy atom. The molecule has 1 heterocycles. The molecule has 0 amide bonds. The van der Waals surface area contributed by atoms with E-state index in [1.807, 2.05) is 105 Å². The number of ether oxygens (including phenoxy) is 8. The molecular formula is C57H70N3O12P. The van der Waals surface area contributed by atoms with Gasteiger partial charge in [0.15, 0.2) is 12.4 Å². The quantitative estimate of drug-likeness (QED) is 0.0167. The van der Waals surface area contributed by atoms with E-state index < -0.39 is 56.7 Å². The van der Waals surface area contributed by atoms with Gasteiger partial charge in [-0.3, -0.25) is 0 Å². The number of hydrogen-bond donors (Lipinski definition) is 1. The molecule has 6 unspecified atom stereocenters. The fourth-order valence-electron chi connectivity index (χ4n) is 8.71. The summed E-state index contributed by atoms with van der Waals surface area (Å²) in [4.78, 5) is 31.2. The lowest BCUT2D eigenvalue weighted by molar-refractivity contribution is -0.281. The van der Waals surface area contributed by atoms with Gasteiger partial charge in [-0.15, -0.1) is 0 Å². The first-order valence-corrected chi connectivity index (χ1v) is 25.8. The summed E-state index contributed by atoms with van der Waals surface area (Å²) in [5.74, 6) is 0.220. The molecule has 0 saturated carbocycles. The van der Waals surface area contributed by atoms with Crippen molar-refractivity contribution in [2.75, 3.05) is 60.4 Å². The first-order chi connectivity index (χ1) is 35.4. The Morgan fingerprint density at radius 3 is 1.67 bits per heavy atom. The van der Waals surface area contributed by atoms with Gasteiger partial charge in [0.25, 0.3) is 8.53 Å². The van der Waals surface area contributed by atoms with E-state index in [1.54, 1.807) is 62.8 Å². The SMILES string of the molecule is [C-]#[N+]CCOP(OCCOC1C(COC(=O)c2ccccc2)OC(OCCOC(c2ccccc2)(c2ccc(OC)cc2)c2ccc(OC)cc2)C(NC(C)C)C1OC(=O)c1ccccc1)N(C(C)C)C(C)C. The second kappa shape index (κ2) is 28.6. The van der Waals surface area contributed by atoms with Gasteiger partial charge >= 0.3 is 11.9 Å². The van der Waals surface area contributed by atoms with Gasteiger partial charge in [0, 0.05) is 18.1 Å². The number of nitrogens with zero attached hydrogens (tertiary/aromatic N) is 2. The molecule has 6 atom stereocenters. The first-order valence-electron chi connectivity index (χ1n) is 24.7. The van der Waals surface area contributed by atoms with Gasteiger partial charge in [-0.25, -0.2) is 20.8 Å². The Morgan fingerprint density at radius 1 is 0.644 bits per heavy atom. The van der Waals surface area contributed by atoms with Crippen LogP contribution in [-0.2, 0) is 43.1 Å². The average molecular weight is 1020 g/mol. The molecule has 0 aromatic heterocycles. The van der Waals surface area contributed by atoms with Crippen LogP contribution in [0.15, 0.2) is 140 Å². The van der Waals surface area contributed by atoms with Crippen molar-refractivity contribution in [3.63, 3.8) is 0 Å². The van der Waals surface area contributed by atoms with E-state index in [1.165, 1.54) is 0 Å². The highest BCUT2D eigenvalue weighted by molar-refractivity contribution is 7.44. The van der Waals surface area contributed by atoms with Gasteiger partial charge < -0.3 is 57.1 Å². The van der Waals surface area contributed by atoms with Crippen LogP contribution in [0, 0.1) is 6.57 Å². The van der Waals surface area contributed by atoms with Crippen LogP contribution in [-0.4, -0.2) is 126 Å². The molecule has 1 N–H and O–H groups in total. The Kier molecular flexibility index (Phi) is 22.2. The highest BCUT2D eigenvalue weighted by Crippen LogP contribution is 2.46. The molecule has 5 aromatic rings. The molecule has 390 valence electrons. The molecule has 0 bridgehead atoms. The first kappa shape index (κ1) is 56.5. The smallest absolute Gasteiger partial charge is 0.338 e. The van der Waals surface area contributed by atoms with Crippen molar-refractivity contribution in [3.05, 3.63) is 179 Å². The Hall–Kier alpha value is -5.76. The monoisotopic (exact) mass is 1020 g/mol. The maximum absolute atomic E-state index is 14.2. The Balaban J connectivity index is 1.34. The minimum Gasteiger partial charge on any atom is -0.497 e. The van der Waals surface area contributed by atoms with Gasteiger partial charge in [-0.1, -0.05) is 105 Å². The molecule has 1 saturated heterocycles. The lowest BCUT2D eigenvalue weighted by atomic mass is 9.80. The molecule has 1 aliphatic heterocycles. The number of hydrogen-bond acceptors (Lipinski definition) is 14. The van der Waals surface area contributed by atoms with E-state index in [0.29, 0.717) is 22.6 Å². The van der Waals surface area contributed by atoms with Crippen LogP contribution in [0.2, 0.25) is 0 Å². The average Bonchev–Trinajstić information content (AvgIpc) is 3.41. The van der Waals surface area contributed by atoms with E-state index in [9.17, 15) is 9.59 Å². The maximum Gasteiger partial charge on any atom is 0.338 e. The van der Waals surface area contributed by atoms with Crippen LogP contribution in [0.1, 0.15) is 78.9 Å². The lowest BCUT2D eigenvalue weighted by Crippen LogP contribution is -2.66. The molecule has 0 radical (unpaired) electrons. The van der Waals surface area contributed by atoms with Crippen LogP contribution >= 0.6 is 8.53 Å². The summed E-state index contributed by atoms with van der Waals surface area (Å²) < 4.78 is 65.6. The predicted octanol–water partition coefficient (Wildman–Crippen LogP) is 9.89. The van der Waals surface area contributed by atoms with Crippen molar-refractivity contribution in [2.24, 2.45) is 0 Å². The van der Waals surface area contributed by atoms with Gasteiger partial charge in [0.05, 0.1) is 57.8 Å². The van der Waals surface area contributed by atoms with E-state index >= 15 is 0 Å². The van der Waals surface area contributed by atoms with Crippen LogP contribution in [0.25, 0.3) is 4.85 Å². The molecule has 1 aliphatic rings. The van der Waals surface area contributed by atoms with Crippen LogP contribution in [0.3, 0.4) is 0 Å². The summed E-state index contributed by atoms with van der Waals surface area (Å²) >= 11 is 0. The highest BCUT2D eigenvalue weighted by atomic mass is 31.2. The second-order valence-electron chi connectivity index (χ2n) is 18.0. The fraction of sp³-hybridized carbons (Fsp3) is 0.421. The third-order valence-electron chi connectivity index (χ3n) is 11.9. The fourth-order valence-corrected chi connectivity index (χ4v) is 10.3. The molecule has 15 nitrogen and oxygen atoms in total. The highest BCUT2D eigenvalue weighted by Gasteiger charge is 2.50. The number of benzene rings is 5. The van der Waals surface area contributed by atoms with Crippen molar-refractivity contribution in [3.8, 4) is 11.5 Å². The van der Waals surface area contributed by atoms with E-state index in [4.69, 9.17) is 53.5 Å². The summed E-state index contributed by atoms with van der Waals surface area (Å²) in [7, 11) is 1.68. The lowest BCUT2D eigenvalue weighted by Gasteiger charge is -2.46. The Bertz CT molecular complexity index is 2390. The van der Waals surface area contributed by atoms with Crippen molar-refractivity contribution >= 4 is 20.5 Å². The van der Waals surface area contributed by atoms with Crippen molar-refractivity contribution in [1.29, 1.82) is 0 Å². The van der Waals surface area contributed by atoms with Gasteiger partial charge in [-0.05, 0) is 92.9 Å². The van der Waals surface area contributed by atoms with Crippen molar-refractivity contribution < 1.29 is 56.5 Å². The Labute approximate surface area is 432 Å². The molecule has 0 aliphatic carbocycles. The number of carbonyl (C=O) groups is 2. The number of methoxy groups -OCH3 is 2. The van der Waals surface area contributed by atoms with Gasteiger partial charge in [0.2, 0.25) is 6.54 Å². The molecule has 6 rings (SSSR count). The standard InChI is InChI=1S/C57H70N3O12P/c1-40(2)59-51-53(72-55(62)44-21-15-11-16-22-44)52(65-36-38-70-73(69-34-33-58-7)60(41(3)4)42(5)6)50(39-67-54(61)43-19-13-10-14-20-43)71-56(51)66-35-37-68-57(45-23-17-12-18-24-45,46-25-29-48(63-8)30-26-46)47-27-31-49(64-9)32-28-47/h10-32,40-42,50-53,56,59H,33-39H2,1-6,8-9H3.